The van der Waals surface area contributed by atoms with Gasteiger partial charge in [-0.2, -0.15) is 0 Å². The van der Waals surface area contributed by atoms with Gasteiger partial charge in [-0.25, -0.2) is 4.98 Å². The van der Waals surface area contributed by atoms with Crippen LogP contribution in [-0.4, -0.2) is 59.9 Å². The van der Waals surface area contributed by atoms with E-state index in [4.69, 9.17) is 5.11 Å². The summed E-state index contributed by atoms with van der Waals surface area (Å²) in [7, 11) is 0. The molecule has 2 aromatic rings. The van der Waals surface area contributed by atoms with Gasteiger partial charge in [0.2, 0.25) is 5.91 Å². The maximum Gasteiger partial charge on any atom is 0.248 e. The van der Waals surface area contributed by atoms with E-state index in [0.717, 1.165) is 24.5 Å². The average molecular weight is 330 g/mol. The highest BCUT2D eigenvalue weighted by Crippen LogP contribution is 2.39. The van der Waals surface area contributed by atoms with Crippen LogP contribution in [0, 0.1) is 0 Å². The molecule has 1 amide bonds. The van der Waals surface area contributed by atoms with E-state index in [2.05, 4.69) is 19.7 Å². The maximum absolute atomic E-state index is 11.6. The van der Waals surface area contributed by atoms with Crippen LogP contribution in [0.3, 0.4) is 0 Å². The normalized spacial score (nSPS) is 19.0. The molecule has 128 valence electrons. The van der Waals surface area contributed by atoms with Crippen molar-refractivity contribution in [2.24, 2.45) is 0 Å². The van der Waals surface area contributed by atoms with Crippen LogP contribution in [0.5, 0.6) is 0 Å². The Hall–Kier alpha value is -2.22. The molecule has 24 heavy (non-hydrogen) atoms. The zero-order valence-electron chi connectivity index (χ0n) is 13.6. The minimum atomic E-state index is -0.405. The van der Waals surface area contributed by atoms with Gasteiger partial charge in [0.1, 0.15) is 12.4 Å². The predicted octanol–water partition coefficient (Wildman–Crippen LogP) is 0.556. The topological polar surface area (TPSA) is 89.1 Å². The van der Waals surface area contributed by atoms with Gasteiger partial charge in [-0.1, -0.05) is 0 Å². The van der Waals surface area contributed by atoms with E-state index in [1.165, 1.54) is 12.8 Å². The van der Waals surface area contributed by atoms with Crippen LogP contribution in [0.2, 0.25) is 0 Å². The summed E-state index contributed by atoms with van der Waals surface area (Å²) in [5.41, 5.74) is 0. The van der Waals surface area contributed by atoms with Crippen molar-refractivity contribution < 1.29 is 9.90 Å². The van der Waals surface area contributed by atoms with Crippen molar-refractivity contribution in [1.29, 1.82) is 0 Å². The first-order chi connectivity index (χ1) is 11.8. The van der Waals surface area contributed by atoms with Crippen molar-refractivity contribution in [1.82, 2.24) is 29.2 Å². The summed E-state index contributed by atoms with van der Waals surface area (Å²) < 4.78 is 4.32. The molecule has 0 radical (unpaired) electrons. The van der Waals surface area contributed by atoms with E-state index in [1.54, 1.807) is 17.4 Å². The third-order valence-corrected chi connectivity index (χ3v) is 4.94. The molecule has 0 atom stereocenters. The summed E-state index contributed by atoms with van der Waals surface area (Å²) in [5, 5.41) is 17.9. The van der Waals surface area contributed by atoms with Crippen molar-refractivity contribution in [2.45, 2.75) is 44.2 Å². The second kappa shape index (κ2) is 6.35. The zero-order chi connectivity index (χ0) is 16.5. The number of rotatable bonds is 5. The lowest BCUT2D eigenvalue weighted by atomic mass is 9.95. The number of aromatic nitrogens is 5. The molecule has 3 heterocycles. The molecule has 0 aromatic carbocycles. The van der Waals surface area contributed by atoms with Crippen LogP contribution in [-0.2, 0) is 11.3 Å². The standard InChI is InChI=1S/C16H22N6O2/c23-10-15(24)21-6-3-12(4-7-21)16-19-18-14(22(16)13-1-2-13)9-20-8-5-17-11-20/h5,8,11-13,23H,1-4,6-7,9-10H2. The Balaban J connectivity index is 1.51. The lowest BCUT2D eigenvalue weighted by Crippen LogP contribution is -2.39. The summed E-state index contributed by atoms with van der Waals surface area (Å²) in [5.74, 6) is 2.19. The third kappa shape index (κ3) is 2.93. The molecular formula is C16H22N6O2. The molecule has 8 heteroatoms. The van der Waals surface area contributed by atoms with Gasteiger partial charge in [-0.05, 0) is 25.7 Å². The molecule has 2 aliphatic rings. The Bertz CT molecular complexity index is 698. The Labute approximate surface area is 140 Å². The lowest BCUT2D eigenvalue weighted by molar-refractivity contribution is -0.135. The Morgan fingerprint density at radius 2 is 2.00 bits per heavy atom. The van der Waals surface area contributed by atoms with Gasteiger partial charge in [0.15, 0.2) is 5.82 Å². The first-order valence-electron chi connectivity index (χ1n) is 8.54. The van der Waals surface area contributed by atoms with Gasteiger partial charge in [0.05, 0.1) is 12.9 Å². The van der Waals surface area contributed by atoms with E-state index in [0.29, 0.717) is 31.6 Å². The van der Waals surface area contributed by atoms with Crippen LogP contribution < -0.4 is 0 Å². The fourth-order valence-electron chi connectivity index (χ4n) is 3.48. The van der Waals surface area contributed by atoms with E-state index in [1.807, 2.05) is 10.8 Å². The molecular weight excluding hydrogens is 308 g/mol. The number of likely N-dealkylation sites (tertiary alicyclic amines) is 1. The molecule has 2 fully saturated rings. The predicted molar refractivity (Wildman–Crippen MR) is 85.3 cm³/mol. The Morgan fingerprint density at radius 3 is 2.62 bits per heavy atom. The average Bonchev–Trinajstić information content (AvgIpc) is 3.16. The minimum absolute atomic E-state index is 0.182. The summed E-state index contributed by atoms with van der Waals surface area (Å²) in [6.07, 6.45) is 9.62. The fourth-order valence-corrected chi connectivity index (χ4v) is 3.48. The van der Waals surface area contributed by atoms with Crippen LogP contribution in [0.1, 0.15) is 49.3 Å². The summed E-state index contributed by atoms with van der Waals surface area (Å²) in [6.45, 7) is 1.64. The van der Waals surface area contributed by atoms with E-state index < -0.39 is 6.61 Å². The van der Waals surface area contributed by atoms with E-state index >= 15 is 0 Å². The van der Waals surface area contributed by atoms with Gasteiger partial charge in [0, 0.05) is 37.4 Å². The fraction of sp³-hybridized carbons (Fsp3) is 0.625. The number of piperidine rings is 1. The molecule has 1 saturated heterocycles. The molecule has 1 N–H and O–H groups in total. The smallest absolute Gasteiger partial charge is 0.248 e. The van der Waals surface area contributed by atoms with Gasteiger partial charge in [0.25, 0.3) is 0 Å². The van der Waals surface area contributed by atoms with Crippen molar-refractivity contribution >= 4 is 5.91 Å². The highest BCUT2D eigenvalue weighted by molar-refractivity contribution is 5.77. The SMILES string of the molecule is O=C(CO)N1CCC(c2nnc(Cn3ccnc3)n2C2CC2)CC1. The van der Waals surface area contributed by atoms with Gasteiger partial charge in [-0.3, -0.25) is 4.79 Å². The number of hydrogen-bond donors (Lipinski definition) is 1. The monoisotopic (exact) mass is 330 g/mol. The molecule has 8 nitrogen and oxygen atoms in total. The first kappa shape index (κ1) is 15.3. The molecule has 0 unspecified atom stereocenters. The van der Waals surface area contributed by atoms with E-state index in [9.17, 15) is 4.79 Å². The summed E-state index contributed by atoms with van der Waals surface area (Å²) in [6, 6.07) is 0.519. The van der Waals surface area contributed by atoms with Crippen LogP contribution in [0.4, 0.5) is 0 Å². The molecule has 1 aliphatic carbocycles. The summed E-state index contributed by atoms with van der Waals surface area (Å²) in [4.78, 5) is 17.4. The zero-order valence-corrected chi connectivity index (χ0v) is 13.6. The number of hydrogen-bond acceptors (Lipinski definition) is 5. The highest BCUT2D eigenvalue weighted by atomic mass is 16.3. The molecule has 1 saturated carbocycles. The molecule has 0 bridgehead atoms. The number of aliphatic hydroxyl groups is 1. The Kier molecular flexibility index (Phi) is 4.05. The number of amides is 1. The van der Waals surface area contributed by atoms with E-state index in [-0.39, 0.29) is 5.91 Å². The van der Waals surface area contributed by atoms with Crippen molar-refractivity contribution in [3.05, 3.63) is 30.4 Å². The lowest BCUT2D eigenvalue weighted by Gasteiger charge is -2.31. The number of carbonyl (C=O) groups is 1. The number of aliphatic hydroxyl groups excluding tert-OH is 1. The van der Waals surface area contributed by atoms with Crippen LogP contribution in [0.25, 0.3) is 0 Å². The van der Waals surface area contributed by atoms with Gasteiger partial charge < -0.3 is 19.1 Å². The second-order valence-electron chi connectivity index (χ2n) is 6.62. The molecule has 4 rings (SSSR count). The van der Waals surface area contributed by atoms with Crippen molar-refractivity contribution in [3.63, 3.8) is 0 Å². The van der Waals surface area contributed by atoms with Crippen molar-refractivity contribution in [3.8, 4) is 0 Å². The van der Waals surface area contributed by atoms with Gasteiger partial charge in [-0.15, -0.1) is 10.2 Å². The highest BCUT2D eigenvalue weighted by Gasteiger charge is 2.34. The first-order valence-corrected chi connectivity index (χ1v) is 8.54. The van der Waals surface area contributed by atoms with Crippen molar-refractivity contribution in [2.75, 3.05) is 19.7 Å². The summed E-state index contributed by atoms with van der Waals surface area (Å²) >= 11 is 0. The number of imidazole rings is 1. The molecule has 0 spiro atoms. The second-order valence-corrected chi connectivity index (χ2v) is 6.62. The Morgan fingerprint density at radius 1 is 1.21 bits per heavy atom. The quantitative estimate of drug-likeness (QED) is 0.865. The number of nitrogens with zero attached hydrogens (tertiary/aromatic N) is 6. The number of carbonyl (C=O) groups excluding carboxylic acids is 1. The third-order valence-electron chi connectivity index (χ3n) is 4.94. The maximum atomic E-state index is 11.6. The largest absolute Gasteiger partial charge is 0.387 e. The van der Waals surface area contributed by atoms with Crippen LogP contribution >= 0.6 is 0 Å². The molecule has 2 aromatic heterocycles. The molecule has 1 aliphatic heterocycles. The van der Waals surface area contributed by atoms with Gasteiger partial charge >= 0.3 is 0 Å². The van der Waals surface area contributed by atoms with Crippen LogP contribution in [0.15, 0.2) is 18.7 Å². The minimum Gasteiger partial charge on any atom is -0.387 e.